The summed E-state index contributed by atoms with van der Waals surface area (Å²) in [5.74, 6) is 1.01. The number of aromatic nitrogens is 4. The molecule has 0 radical (unpaired) electrons. The van der Waals surface area contributed by atoms with E-state index in [4.69, 9.17) is 10.7 Å². The van der Waals surface area contributed by atoms with Crippen LogP contribution < -0.4 is 5.73 Å². The van der Waals surface area contributed by atoms with Crippen LogP contribution in [0.2, 0.25) is 0 Å². The summed E-state index contributed by atoms with van der Waals surface area (Å²) in [6, 6.07) is 15.1. The molecular formula is C23H22FN5O. The van der Waals surface area contributed by atoms with Crippen LogP contribution in [0.15, 0.2) is 54.7 Å². The Balaban J connectivity index is 1.52. The summed E-state index contributed by atoms with van der Waals surface area (Å²) >= 11 is 0. The number of nitrogens with two attached hydrogens (primary N) is 1. The lowest BCUT2D eigenvalue weighted by molar-refractivity contribution is 0.0429. The predicted molar refractivity (Wildman–Crippen MR) is 114 cm³/mol. The number of hydrogen-bond donors (Lipinski definition) is 2. The SMILES string of the molecule is Nc1ccc(-c2ccc3cnn(-c4cccc(CF)n4)c3c2)nc1CC1CC(O)C1. The molecule has 3 aromatic heterocycles. The number of pyridine rings is 2. The highest BCUT2D eigenvalue weighted by molar-refractivity contribution is 5.85. The average molecular weight is 403 g/mol. The number of aliphatic hydroxyl groups is 1. The summed E-state index contributed by atoms with van der Waals surface area (Å²) in [6.45, 7) is -0.617. The molecule has 1 saturated carbocycles. The lowest BCUT2D eigenvalue weighted by atomic mass is 9.79. The maximum atomic E-state index is 13.0. The van der Waals surface area contributed by atoms with Crippen molar-refractivity contribution in [3.8, 4) is 17.1 Å². The molecule has 1 aliphatic rings. The number of benzene rings is 1. The van der Waals surface area contributed by atoms with Crippen LogP contribution >= 0.6 is 0 Å². The zero-order valence-electron chi connectivity index (χ0n) is 16.4. The quantitative estimate of drug-likeness (QED) is 0.528. The number of halogens is 1. The fourth-order valence-electron chi connectivity index (χ4n) is 4.00. The lowest BCUT2D eigenvalue weighted by Crippen LogP contribution is -2.30. The van der Waals surface area contributed by atoms with Gasteiger partial charge >= 0.3 is 0 Å². The van der Waals surface area contributed by atoms with E-state index in [1.165, 1.54) is 0 Å². The molecule has 152 valence electrons. The first-order valence-corrected chi connectivity index (χ1v) is 10.0. The van der Waals surface area contributed by atoms with E-state index in [1.54, 1.807) is 23.0 Å². The van der Waals surface area contributed by atoms with E-state index in [0.29, 0.717) is 23.1 Å². The van der Waals surface area contributed by atoms with Gasteiger partial charge in [0.1, 0.15) is 6.67 Å². The van der Waals surface area contributed by atoms with Crippen molar-refractivity contribution in [2.24, 2.45) is 5.92 Å². The number of rotatable bonds is 5. The smallest absolute Gasteiger partial charge is 0.154 e. The second-order valence-electron chi connectivity index (χ2n) is 7.88. The fourth-order valence-corrected chi connectivity index (χ4v) is 4.00. The summed E-state index contributed by atoms with van der Waals surface area (Å²) < 4.78 is 14.7. The van der Waals surface area contributed by atoms with Crippen LogP contribution in [0.1, 0.15) is 24.2 Å². The van der Waals surface area contributed by atoms with E-state index in [1.807, 2.05) is 36.4 Å². The topological polar surface area (TPSA) is 89.9 Å². The number of alkyl halides is 1. The van der Waals surface area contributed by atoms with Crippen LogP contribution in [0.3, 0.4) is 0 Å². The monoisotopic (exact) mass is 403 g/mol. The van der Waals surface area contributed by atoms with E-state index in [9.17, 15) is 9.50 Å². The minimum atomic E-state index is -0.617. The fraction of sp³-hybridized carbons (Fsp3) is 0.261. The van der Waals surface area contributed by atoms with E-state index in [2.05, 4.69) is 10.1 Å². The number of anilines is 1. The molecule has 0 atom stereocenters. The number of fused-ring (bicyclic) bond motifs is 1. The van der Waals surface area contributed by atoms with Crippen molar-refractivity contribution in [2.75, 3.05) is 5.73 Å². The molecule has 0 bridgehead atoms. The minimum absolute atomic E-state index is 0.188. The zero-order valence-corrected chi connectivity index (χ0v) is 16.4. The molecule has 7 heteroatoms. The van der Waals surface area contributed by atoms with Gasteiger partial charge < -0.3 is 10.8 Å². The van der Waals surface area contributed by atoms with Gasteiger partial charge in [-0.05, 0) is 55.5 Å². The first kappa shape index (κ1) is 18.7. The zero-order chi connectivity index (χ0) is 20.7. The Morgan fingerprint density at radius 2 is 1.97 bits per heavy atom. The molecule has 6 nitrogen and oxygen atoms in total. The lowest BCUT2D eigenvalue weighted by Gasteiger charge is -2.31. The molecule has 3 heterocycles. The molecule has 0 spiro atoms. The van der Waals surface area contributed by atoms with Gasteiger partial charge in [0.05, 0.1) is 40.6 Å². The molecule has 3 N–H and O–H groups in total. The molecule has 0 amide bonds. The molecule has 0 aliphatic heterocycles. The van der Waals surface area contributed by atoms with E-state index in [0.717, 1.165) is 47.1 Å². The number of hydrogen-bond acceptors (Lipinski definition) is 5. The Morgan fingerprint density at radius 1 is 1.10 bits per heavy atom. The van der Waals surface area contributed by atoms with Gasteiger partial charge in [-0.25, -0.2) is 14.1 Å². The van der Waals surface area contributed by atoms with Gasteiger partial charge in [-0.2, -0.15) is 5.10 Å². The van der Waals surface area contributed by atoms with Gasteiger partial charge in [-0.15, -0.1) is 0 Å². The van der Waals surface area contributed by atoms with E-state index >= 15 is 0 Å². The maximum absolute atomic E-state index is 13.0. The highest BCUT2D eigenvalue weighted by atomic mass is 19.1. The molecule has 0 saturated heterocycles. The van der Waals surface area contributed by atoms with E-state index in [-0.39, 0.29) is 6.10 Å². The molecule has 1 aromatic carbocycles. The number of nitrogen functional groups attached to an aromatic ring is 1. The largest absolute Gasteiger partial charge is 0.397 e. The Labute approximate surface area is 173 Å². The van der Waals surface area contributed by atoms with Crippen LogP contribution in [-0.4, -0.2) is 31.0 Å². The Morgan fingerprint density at radius 3 is 2.77 bits per heavy atom. The molecule has 30 heavy (non-hydrogen) atoms. The van der Waals surface area contributed by atoms with Crippen LogP contribution in [0.25, 0.3) is 28.0 Å². The van der Waals surface area contributed by atoms with Crippen molar-refractivity contribution in [2.45, 2.75) is 32.0 Å². The van der Waals surface area contributed by atoms with Gasteiger partial charge in [0.15, 0.2) is 5.82 Å². The first-order chi connectivity index (χ1) is 14.6. The number of nitrogens with zero attached hydrogens (tertiary/aromatic N) is 4. The molecule has 1 fully saturated rings. The highest BCUT2D eigenvalue weighted by Crippen LogP contribution is 2.32. The summed E-state index contributed by atoms with van der Waals surface area (Å²) in [7, 11) is 0. The third-order valence-corrected chi connectivity index (χ3v) is 5.71. The van der Waals surface area contributed by atoms with Gasteiger partial charge in [0, 0.05) is 10.9 Å². The molecule has 5 rings (SSSR count). The number of aliphatic hydroxyl groups excluding tert-OH is 1. The van der Waals surface area contributed by atoms with Crippen LogP contribution in [0.4, 0.5) is 10.1 Å². The van der Waals surface area contributed by atoms with Crippen molar-refractivity contribution in [1.29, 1.82) is 0 Å². The van der Waals surface area contributed by atoms with E-state index < -0.39 is 6.67 Å². The highest BCUT2D eigenvalue weighted by Gasteiger charge is 2.28. The Bertz CT molecular complexity index is 1220. The predicted octanol–water partition coefficient (Wildman–Crippen LogP) is 3.85. The van der Waals surface area contributed by atoms with Gasteiger partial charge in [-0.1, -0.05) is 18.2 Å². The van der Waals surface area contributed by atoms with Crippen LogP contribution in [0.5, 0.6) is 0 Å². The van der Waals surface area contributed by atoms with Crippen molar-refractivity contribution in [3.05, 3.63) is 66.1 Å². The van der Waals surface area contributed by atoms with Crippen LogP contribution in [0, 0.1) is 5.92 Å². The molecule has 0 unspecified atom stereocenters. The summed E-state index contributed by atoms with van der Waals surface area (Å²) in [5, 5.41) is 14.9. The summed E-state index contributed by atoms with van der Waals surface area (Å²) in [5.41, 5.74) is 10.7. The molecular weight excluding hydrogens is 381 g/mol. The van der Waals surface area contributed by atoms with Crippen molar-refractivity contribution < 1.29 is 9.50 Å². The van der Waals surface area contributed by atoms with Gasteiger partial charge in [0.2, 0.25) is 0 Å². The van der Waals surface area contributed by atoms with Crippen molar-refractivity contribution in [3.63, 3.8) is 0 Å². The van der Waals surface area contributed by atoms with Crippen molar-refractivity contribution in [1.82, 2.24) is 19.7 Å². The first-order valence-electron chi connectivity index (χ1n) is 10.0. The van der Waals surface area contributed by atoms with Crippen LogP contribution in [-0.2, 0) is 13.1 Å². The third-order valence-electron chi connectivity index (χ3n) is 5.71. The van der Waals surface area contributed by atoms with Crippen molar-refractivity contribution >= 4 is 16.6 Å². The average Bonchev–Trinajstić information content (AvgIpc) is 3.17. The van der Waals surface area contributed by atoms with Gasteiger partial charge in [0.25, 0.3) is 0 Å². The summed E-state index contributed by atoms with van der Waals surface area (Å²) in [4.78, 5) is 9.15. The van der Waals surface area contributed by atoms with Gasteiger partial charge in [-0.3, -0.25) is 4.98 Å². The normalized spacial score (nSPS) is 18.5. The molecule has 1 aliphatic carbocycles. The minimum Gasteiger partial charge on any atom is -0.397 e. The Kier molecular flexibility index (Phi) is 4.67. The maximum Gasteiger partial charge on any atom is 0.154 e. The second-order valence-corrected chi connectivity index (χ2v) is 7.88. The Hall–Kier alpha value is -3.32. The molecule has 4 aromatic rings. The standard InChI is InChI=1S/C23H22FN5O/c24-12-17-2-1-3-23(27-17)29-22-11-15(4-5-16(22)13-26-29)20-7-6-19(25)21(28-20)10-14-8-18(30)9-14/h1-7,11,13-14,18,30H,8-10,12,25H2. The summed E-state index contributed by atoms with van der Waals surface area (Å²) in [6.07, 6.45) is 3.97. The second kappa shape index (κ2) is 7.50. The third kappa shape index (κ3) is 3.41.